The van der Waals surface area contributed by atoms with Crippen molar-refractivity contribution in [2.75, 3.05) is 6.54 Å². The van der Waals surface area contributed by atoms with Crippen molar-refractivity contribution >= 4 is 45.7 Å². The summed E-state index contributed by atoms with van der Waals surface area (Å²) in [7, 11) is 0. The lowest BCUT2D eigenvalue weighted by molar-refractivity contribution is -0.384. The van der Waals surface area contributed by atoms with Crippen LogP contribution in [0.3, 0.4) is 0 Å². The predicted octanol–water partition coefficient (Wildman–Crippen LogP) is 4.58. The molecule has 0 unspecified atom stereocenters. The summed E-state index contributed by atoms with van der Waals surface area (Å²) in [5.41, 5.74) is 3.25. The molecule has 0 aliphatic carbocycles. The van der Waals surface area contributed by atoms with E-state index in [2.05, 4.69) is 4.98 Å². The molecule has 0 saturated carbocycles. The van der Waals surface area contributed by atoms with Crippen LogP contribution in [0.5, 0.6) is 0 Å². The lowest BCUT2D eigenvalue weighted by atomic mass is 10.0. The first-order valence-corrected chi connectivity index (χ1v) is 8.72. The van der Waals surface area contributed by atoms with Crippen molar-refractivity contribution in [3.8, 4) is 0 Å². The van der Waals surface area contributed by atoms with Crippen LogP contribution in [0.1, 0.15) is 21.6 Å². The summed E-state index contributed by atoms with van der Waals surface area (Å²) in [5, 5.41) is 12.6. The highest BCUT2D eigenvalue weighted by Gasteiger charge is 2.26. The van der Waals surface area contributed by atoms with Crippen molar-refractivity contribution < 1.29 is 9.72 Å². The number of H-pyrrole nitrogens is 1. The number of amides is 1. The maximum Gasteiger partial charge on any atom is 0.270 e. The highest BCUT2D eigenvalue weighted by atomic mass is 35.5. The molecule has 1 aromatic heterocycles. The molecule has 0 radical (unpaired) electrons. The Hall–Kier alpha value is -2.57. The normalized spacial score (nSPS) is 13.7. The number of carbonyl (C=O) groups is 1. The molecule has 1 amide bonds. The Morgan fingerprint density at radius 1 is 1.19 bits per heavy atom. The second-order valence-electron chi connectivity index (χ2n) is 6.17. The molecule has 3 aromatic rings. The van der Waals surface area contributed by atoms with E-state index >= 15 is 0 Å². The molecule has 0 bridgehead atoms. The number of nitro benzene ring substituents is 1. The van der Waals surface area contributed by atoms with E-state index < -0.39 is 4.92 Å². The average Bonchev–Trinajstić information content (AvgIpc) is 2.98. The first-order valence-electron chi connectivity index (χ1n) is 7.96. The van der Waals surface area contributed by atoms with Gasteiger partial charge in [-0.2, -0.15) is 0 Å². The summed E-state index contributed by atoms with van der Waals surface area (Å²) in [5.74, 6) is -0.244. The number of aromatic amines is 1. The minimum Gasteiger partial charge on any atom is -0.358 e. The minimum atomic E-state index is -0.539. The van der Waals surface area contributed by atoms with Crippen LogP contribution in [0.2, 0.25) is 10.0 Å². The van der Waals surface area contributed by atoms with E-state index in [1.54, 1.807) is 4.90 Å². The molecule has 0 fully saturated rings. The molecule has 0 saturated heterocycles. The van der Waals surface area contributed by atoms with E-state index in [-0.39, 0.29) is 22.2 Å². The van der Waals surface area contributed by atoms with Crippen LogP contribution >= 0.6 is 23.2 Å². The van der Waals surface area contributed by atoms with Crippen molar-refractivity contribution in [1.29, 1.82) is 0 Å². The topological polar surface area (TPSA) is 79.2 Å². The fourth-order valence-corrected chi connectivity index (χ4v) is 3.75. The number of benzene rings is 2. The van der Waals surface area contributed by atoms with Gasteiger partial charge in [0.2, 0.25) is 0 Å². The van der Waals surface area contributed by atoms with Crippen molar-refractivity contribution in [2.45, 2.75) is 13.0 Å². The molecule has 4 rings (SSSR count). The number of nitrogens with zero attached hydrogens (tertiary/aromatic N) is 2. The first-order chi connectivity index (χ1) is 12.4. The summed E-state index contributed by atoms with van der Waals surface area (Å²) < 4.78 is 0. The number of nitro groups is 1. The zero-order valence-electron chi connectivity index (χ0n) is 13.5. The van der Waals surface area contributed by atoms with Gasteiger partial charge >= 0.3 is 0 Å². The van der Waals surface area contributed by atoms with Crippen molar-refractivity contribution in [3.05, 3.63) is 73.4 Å². The number of rotatable bonds is 2. The Morgan fingerprint density at radius 2 is 2.00 bits per heavy atom. The fraction of sp³-hybridized carbons (Fsp3) is 0.167. The van der Waals surface area contributed by atoms with E-state index in [0.717, 1.165) is 22.2 Å². The van der Waals surface area contributed by atoms with Crippen molar-refractivity contribution in [3.63, 3.8) is 0 Å². The van der Waals surface area contributed by atoms with Gasteiger partial charge in [0.05, 0.1) is 15.5 Å². The van der Waals surface area contributed by atoms with Crippen LogP contribution in [0.25, 0.3) is 10.9 Å². The first kappa shape index (κ1) is 16.9. The van der Waals surface area contributed by atoms with E-state index in [1.807, 2.05) is 18.2 Å². The van der Waals surface area contributed by atoms with E-state index in [1.165, 1.54) is 18.2 Å². The molecule has 26 heavy (non-hydrogen) atoms. The van der Waals surface area contributed by atoms with Crippen LogP contribution in [0.15, 0.2) is 36.4 Å². The number of fused-ring (bicyclic) bond motifs is 3. The second kappa shape index (κ2) is 6.30. The van der Waals surface area contributed by atoms with Crippen LogP contribution < -0.4 is 0 Å². The molecule has 2 aromatic carbocycles. The molecular weight excluding hydrogens is 377 g/mol. The third kappa shape index (κ3) is 2.81. The highest BCUT2D eigenvalue weighted by Crippen LogP contribution is 2.31. The Balaban J connectivity index is 1.66. The van der Waals surface area contributed by atoms with E-state index in [4.69, 9.17) is 23.2 Å². The van der Waals surface area contributed by atoms with Gasteiger partial charge in [0.1, 0.15) is 0 Å². The zero-order valence-corrected chi connectivity index (χ0v) is 15.0. The summed E-state index contributed by atoms with van der Waals surface area (Å²) in [6.07, 6.45) is 0.692. The average molecular weight is 390 g/mol. The minimum absolute atomic E-state index is 0.0805. The standard InChI is InChI=1S/C18H13Cl2N3O3/c19-10-1-4-16-13(7-10)14-9-22(6-5-17(14)21-16)18(24)12-3-2-11(23(25)26)8-15(12)20/h1-4,7-8,21H,5-6,9H2. The smallest absolute Gasteiger partial charge is 0.270 e. The van der Waals surface area contributed by atoms with Gasteiger partial charge in [-0.15, -0.1) is 0 Å². The SMILES string of the molecule is O=C(c1ccc([N+](=O)[O-])cc1Cl)N1CCc2[nH]c3ccc(Cl)cc3c2C1. The molecule has 0 spiro atoms. The molecule has 0 atom stereocenters. The number of non-ortho nitro benzene ring substituents is 1. The van der Waals surface area contributed by atoms with Crippen LogP contribution in [-0.2, 0) is 13.0 Å². The Labute approximate surface area is 158 Å². The Morgan fingerprint density at radius 3 is 2.73 bits per heavy atom. The van der Waals surface area contributed by atoms with Crippen LogP contribution in [-0.4, -0.2) is 27.3 Å². The number of aromatic nitrogens is 1. The summed E-state index contributed by atoms with van der Waals surface area (Å²) >= 11 is 12.2. The number of hydrogen-bond donors (Lipinski definition) is 1. The van der Waals surface area contributed by atoms with Crippen LogP contribution in [0.4, 0.5) is 5.69 Å². The van der Waals surface area contributed by atoms with Gasteiger partial charge in [0.15, 0.2) is 0 Å². The summed E-state index contributed by atoms with van der Waals surface area (Å²) in [6.45, 7) is 0.974. The van der Waals surface area contributed by atoms with Gasteiger partial charge < -0.3 is 9.88 Å². The molecule has 6 nitrogen and oxygen atoms in total. The lowest BCUT2D eigenvalue weighted by Gasteiger charge is -2.27. The molecule has 1 aliphatic rings. The maximum absolute atomic E-state index is 12.9. The van der Waals surface area contributed by atoms with E-state index in [9.17, 15) is 14.9 Å². The van der Waals surface area contributed by atoms with E-state index in [0.29, 0.717) is 24.5 Å². The molecule has 8 heteroatoms. The summed E-state index contributed by atoms with van der Waals surface area (Å²) in [6, 6.07) is 9.54. The monoisotopic (exact) mass is 389 g/mol. The molecular formula is C18H13Cl2N3O3. The fourth-order valence-electron chi connectivity index (χ4n) is 3.32. The van der Waals surface area contributed by atoms with Gasteiger partial charge in [-0.3, -0.25) is 14.9 Å². The Kier molecular flexibility index (Phi) is 4.09. The second-order valence-corrected chi connectivity index (χ2v) is 7.01. The van der Waals surface area contributed by atoms with Crippen molar-refractivity contribution in [2.24, 2.45) is 0 Å². The molecule has 132 valence electrons. The maximum atomic E-state index is 12.9. The zero-order chi connectivity index (χ0) is 18.4. The summed E-state index contributed by atoms with van der Waals surface area (Å²) in [4.78, 5) is 28.2. The largest absolute Gasteiger partial charge is 0.358 e. The van der Waals surface area contributed by atoms with Gasteiger partial charge in [-0.1, -0.05) is 23.2 Å². The third-order valence-corrected chi connectivity index (χ3v) is 5.17. The Bertz CT molecular complexity index is 1060. The number of hydrogen-bond acceptors (Lipinski definition) is 3. The molecule has 2 heterocycles. The third-order valence-electron chi connectivity index (χ3n) is 4.62. The number of nitrogens with one attached hydrogen (secondary N) is 1. The highest BCUT2D eigenvalue weighted by molar-refractivity contribution is 6.34. The molecule has 1 aliphatic heterocycles. The molecule has 1 N–H and O–H groups in total. The van der Waals surface area contributed by atoms with Crippen LogP contribution in [0, 0.1) is 10.1 Å². The number of carbonyl (C=O) groups excluding carboxylic acids is 1. The predicted molar refractivity (Wildman–Crippen MR) is 99.9 cm³/mol. The van der Waals surface area contributed by atoms with Gasteiger partial charge in [0, 0.05) is 58.8 Å². The quantitative estimate of drug-likeness (QED) is 0.514. The van der Waals surface area contributed by atoms with Gasteiger partial charge in [-0.25, -0.2) is 0 Å². The van der Waals surface area contributed by atoms with Gasteiger partial charge in [-0.05, 0) is 24.3 Å². The number of halogens is 2. The lowest BCUT2D eigenvalue weighted by Crippen LogP contribution is -2.35. The van der Waals surface area contributed by atoms with Gasteiger partial charge in [0.25, 0.3) is 11.6 Å². The van der Waals surface area contributed by atoms with Crippen molar-refractivity contribution in [1.82, 2.24) is 9.88 Å².